The van der Waals surface area contributed by atoms with E-state index in [-0.39, 0.29) is 5.69 Å². The Balaban J connectivity index is 3.24. The lowest BCUT2D eigenvalue weighted by Crippen LogP contribution is -1.94. The average molecular weight is 240 g/mol. The summed E-state index contributed by atoms with van der Waals surface area (Å²) in [5, 5.41) is 10.0. The van der Waals surface area contributed by atoms with Crippen molar-refractivity contribution in [1.29, 1.82) is 0 Å². The third-order valence-electron chi connectivity index (χ3n) is 2.35. The number of nitro benzene ring substituents is 1. The van der Waals surface area contributed by atoms with E-state index >= 15 is 0 Å². The molecule has 0 fully saturated rings. The molecule has 0 atom stereocenters. The van der Waals surface area contributed by atoms with Crippen molar-refractivity contribution in [3.8, 4) is 0 Å². The molecule has 1 aromatic carbocycles. The Bertz CT molecular complexity index is 480. The summed E-state index contributed by atoms with van der Waals surface area (Å²) < 4.78 is 0. The van der Waals surface area contributed by atoms with E-state index in [1.807, 2.05) is 0 Å². The Morgan fingerprint density at radius 3 is 2.50 bits per heavy atom. The summed E-state index contributed by atoms with van der Waals surface area (Å²) in [6.07, 6.45) is 0. The molecule has 0 N–H and O–H groups in total. The van der Waals surface area contributed by atoms with Gasteiger partial charge in [0.25, 0.3) is 5.69 Å². The molecule has 0 saturated heterocycles. The highest BCUT2D eigenvalue weighted by Crippen LogP contribution is 2.23. The lowest BCUT2D eigenvalue weighted by molar-refractivity contribution is -0.384. The van der Waals surface area contributed by atoms with Crippen molar-refractivity contribution in [3.63, 3.8) is 0 Å². The van der Waals surface area contributed by atoms with Gasteiger partial charge in [0.1, 0.15) is 0 Å². The van der Waals surface area contributed by atoms with Crippen LogP contribution in [0.1, 0.15) is 19.4 Å². The molecule has 0 aliphatic rings. The summed E-state index contributed by atoms with van der Waals surface area (Å²) in [4.78, 5) is 21.0. The third kappa shape index (κ3) is 2.67. The van der Waals surface area contributed by atoms with Gasteiger partial charge in [0.2, 0.25) is 5.24 Å². The quantitative estimate of drug-likeness (QED) is 0.352. The highest BCUT2D eigenvalue weighted by molar-refractivity contribution is 6.68. The Morgan fingerprint density at radius 1 is 1.38 bits per heavy atom. The van der Waals surface area contributed by atoms with E-state index in [9.17, 15) is 14.9 Å². The number of carbonyl (C=O) groups excluding carboxylic acids is 1. The van der Waals surface area contributed by atoms with Crippen molar-refractivity contribution in [3.05, 3.63) is 45.5 Å². The van der Waals surface area contributed by atoms with E-state index in [1.165, 1.54) is 12.1 Å². The van der Waals surface area contributed by atoms with Gasteiger partial charge in [0.15, 0.2) is 0 Å². The Kier molecular flexibility index (Phi) is 3.79. The maximum absolute atomic E-state index is 11.0. The molecule has 0 spiro atoms. The average Bonchev–Trinajstić information content (AvgIpc) is 2.27. The van der Waals surface area contributed by atoms with E-state index < -0.39 is 10.2 Å². The molecule has 4 nitrogen and oxygen atoms in total. The van der Waals surface area contributed by atoms with Crippen molar-refractivity contribution < 1.29 is 9.72 Å². The molecule has 5 heteroatoms. The molecule has 1 aromatic rings. The fourth-order valence-corrected chi connectivity index (χ4v) is 1.36. The van der Waals surface area contributed by atoms with Crippen LogP contribution in [0.2, 0.25) is 0 Å². The Labute approximate surface area is 97.7 Å². The Morgan fingerprint density at radius 2 is 2.00 bits per heavy atom. The van der Waals surface area contributed by atoms with Crippen LogP contribution in [-0.2, 0) is 4.79 Å². The van der Waals surface area contributed by atoms with Crippen LogP contribution < -0.4 is 0 Å². The van der Waals surface area contributed by atoms with Gasteiger partial charge in [0.05, 0.1) is 4.92 Å². The lowest BCUT2D eigenvalue weighted by atomic mass is 10.0. The van der Waals surface area contributed by atoms with E-state index in [4.69, 9.17) is 11.6 Å². The number of rotatable bonds is 3. The molecule has 0 radical (unpaired) electrons. The molecule has 0 aliphatic heterocycles. The first-order chi connectivity index (χ1) is 7.43. The second kappa shape index (κ2) is 4.90. The van der Waals surface area contributed by atoms with Crippen LogP contribution in [0.5, 0.6) is 0 Å². The number of hydrogen-bond acceptors (Lipinski definition) is 3. The van der Waals surface area contributed by atoms with Gasteiger partial charge in [-0.2, -0.15) is 0 Å². The van der Waals surface area contributed by atoms with Gasteiger partial charge in [-0.05, 0) is 36.6 Å². The number of hydrogen-bond donors (Lipinski definition) is 0. The number of nitrogens with zero attached hydrogens (tertiary/aromatic N) is 1. The SMILES string of the molecule is C/C(C(=O)Cl)=C(\C)c1cccc([N+](=O)[O-])c1. The Hall–Kier alpha value is -1.68. The van der Waals surface area contributed by atoms with E-state index in [0.29, 0.717) is 16.7 Å². The smallest absolute Gasteiger partial charge is 0.270 e. The largest absolute Gasteiger partial charge is 0.276 e. The van der Waals surface area contributed by atoms with Crippen LogP contribution in [-0.4, -0.2) is 10.2 Å². The third-order valence-corrected chi connectivity index (χ3v) is 2.63. The van der Waals surface area contributed by atoms with Gasteiger partial charge in [0, 0.05) is 17.7 Å². The first-order valence-electron chi connectivity index (χ1n) is 4.55. The maximum atomic E-state index is 11.0. The van der Waals surface area contributed by atoms with E-state index in [1.54, 1.807) is 26.0 Å². The standard InChI is InChI=1S/C11H10ClNO3/c1-7(8(2)11(12)14)9-4-3-5-10(6-9)13(15)16/h3-6H,1-2H3/b8-7-. The molecule has 0 saturated carbocycles. The molecule has 0 amide bonds. The second-order valence-electron chi connectivity index (χ2n) is 3.33. The second-order valence-corrected chi connectivity index (χ2v) is 3.67. The van der Waals surface area contributed by atoms with Gasteiger partial charge in [-0.15, -0.1) is 0 Å². The maximum Gasteiger partial charge on any atom is 0.270 e. The highest BCUT2D eigenvalue weighted by Gasteiger charge is 2.10. The number of nitro groups is 1. The summed E-state index contributed by atoms with van der Waals surface area (Å²) in [5.41, 5.74) is 1.65. The molecule has 84 valence electrons. The van der Waals surface area contributed by atoms with Gasteiger partial charge < -0.3 is 0 Å². The van der Waals surface area contributed by atoms with Crippen LogP contribution in [0.3, 0.4) is 0 Å². The van der Waals surface area contributed by atoms with Crippen LogP contribution >= 0.6 is 11.6 Å². The minimum Gasteiger partial charge on any atom is -0.276 e. The van der Waals surface area contributed by atoms with Crippen molar-refractivity contribution in [1.82, 2.24) is 0 Å². The van der Waals surface area contributed by atoms with Gasteiger partial charge in [-0.3, -0.25) is 14.9 Å². The number of non-ortho nitro benzene ring substituents is 1. The zero-order valence-corrected chi connectivity index (χ0v) is 9.62. The number of halogens is 1. The van der Waals surface area contributed by atoms with Crippen LogP contribution in [0.15, 0.2) is 29.8 Å². The number of benzene rings is 1. The summed E-state index contributed by atoms with van der Waals surface area (Å²) in [6, 6.07) is 6.09. The highest BCUT2D eigenvalue weighted by atomic mass is 35.5. The topological polar surface area (TPSA) is 60.2 Å². The minimum atomic E-state index is -0.552. The normalized spacial score (nSPS) is 11.9. The summed E-state index contributed by atoms with van der Waals surface area (Å²) in [7, 11) is 0. The fraction of sp³-hybridized carbons (Fsp3) is 0.182. The summed E-state index contributed by atoms with van der Waals surface area (Å²) in [6.45, 7) is 3.29. The van der Waals surface area contributed by atoms with E-state index in [0.717, 1.165) is 0 Å². The molecule has 16 heavy (non-hydrogen) atoms. The van der Waals surface area contributed by atoms with Crippen LogP contribution in [0.25, 0.3) is 5.57 Å². The van der Waals surface area contributed by atoms with Crippen molar-refractivity contribution in [2.45, 2.75) is 13.8 Å². The van der Waals surface area contributed by atoms with Crippen molar-refractivity contribution >= 4 is 28.1 Å². The summed E-state index contributed by atoms with van der Waals surface area (Å²) in [5.74, 6) is 0. The molecular formula is C11H10ClNO3. The van der Waals surface area contributed by atoms with Gasteiger partial charge in [-0.1, -0.05) is 12.1 Å². The minimum absolute atomic E-state index is 0.00771. The molecule has 0 bridgehead atoms. The molecule has 0 unspecified atom stereocenters. The molecule has 0 heterocycles. The summed E-state index contributed by atoms with van der Waals surface area (Å²) >= 11 is 5.34. The van der Waals surface area contributed by atoms with Gasteiger partial charge >= 0.3 is 0 Å². The molecule has 0 aromatic heterocycles. The number of carbonyl (C=O) groups is 1. The van der Waals surface area contributed by atoms with E-state index in [2.05, 4.69) is 0 Å². The molecule has 1 rings (SSSR count). The fourth-order valence-electron chi connectivity index (χ4n) is 1.22. The molecule has 0 aliphatic carbocycles. The van der Waals surface area contributed by atoms with Crippen molar-refractivity contribution in [2.75, 3.05) is 0 Å². The van der Waals surface area contributed by atoms with Crippen LogP contribution in [0, 0.1) is 10.1 Å². The monoisotopic (exact) mass is 239 g/mol. The van der Waals surface area contributed by atoms with Crippen LogP contribution in [0.4, 0.5) is 5.69 Å². The number of allylic oxidation sites excluding steroid dienone is 2. The first-order valence-corrected chi connectivity index (χ1v) is 4.93. The zero-order valence-electron chi connectivity index (χ0n) is 8.86. The lowest BCUT2D eigenvalue weighted by Gasteiger charge is -2.04. The predicted octanol–water partition coefficient (Wildman–Crippen LogP) is 3.15. The zero-order chi connectivity index (χ0) is 12.3. The predicted molar refractivity (Wildman–Crippen MR) is 62.2 cm³/mol. The van der Waals surface area contributed by atoms with Crippen molar-refractivity contribution in [2.24, 2.45) is 0 Å². The van der Waals surface area contributed by atoms with Gasteiger partial charge in [-0.25, -0.2) is 0 Å². The first kappa shape index (κ1) is 12.4. The molecular weight excluding hydrogens is 230 g/mol.